The highest BCUT2D eigenvalue weighted by atomic mass is 79.9. The maximum Gasteiger partial charge on any atom is 0.422 e. The van der Waals surface area contributed by atoms with Gasteiger partial charge in [-0.25, -0.2) is 0 Å². The molecule has 6 heteroatoms. The van der Waals surface area contributed by atoms with Gasteiger partial charge in [0.25, 0.3) is 0 Å². The number of rotatable bonds is 3. The highest BCUT2D eigenvalue weighted by molar-refractivity contribution is 9.10. The van der Waals surface area contributed by atoms with Gasteiger partial charge in [-0.3, -0.25) is 0 Å². The second-order valence-electron chi connectivity index (χ2n) is 3.26. The summed E-state index contributed by atoms with van der Waals surface area (Å²) in [4.78, 5) is 0. The average Bonchev–Trinajstić information content (AvgIpc) is 2.14. The molecule has 0 bridgehead atoms. The minimum Gasteiger partial charge on any atom is -0.484 e. The first-order valence-electron chi connectivity index (χ1n) is 4.46. The lowest BCUT2D eigenvalue weighted by Gasteiger charge is -2.15. The molecule has 1 N–H and O–H groups in total. The first-order chi connectivity index (χ1) is 7.29. The van der Waals surface area contributed by atoms with E-state index in [1.165, 1.54) is 19.1 Å². The van der Waals surface area contributed by atoms with E-state index in [4.69, 9.17) is 0 Å². The molecule has 90 valence electrons. The van der Waals surface area contributed by atoms with Gasteiger partial charge in [-0.1, -0.05) is 15.9 Å². The molecule has 1 aromatic carbocycles. The predicted octanol–water partition coefficient (Wildman–Crippen LogP) is 3.44. The quantitative estimate of drug-likeness (QED) is 0.926. The second kappa shape index (κ2) is 5.05. The van der Waals surface area contributed by atoms with Crippen LogP contribution in [0.3, 0.4) is 0 Å². The number of hydrogen-bond donors (Lipinski definition) is 1. The molecule has 0 aliphatic heterocycles. The molecule has 1 atom stereocenters. The highest BCUT2D eigenvalue weighted by Crippen LogP contribution is 2.29. The van der Waals surface area contributed by atoms with Gasteiger partial charge in [0.2, 0.25) is 0 Å². The lowest BCUT2D eigenvalue weighted by atomic mass is 10.1. The van der Waals surface area contributed by atoms with Crippen LogP contribution < -0.4 is 4.74 Å². The average molecular weight is 299 g/mol. The summed E-state index contributed by atoms with van der Waals surface area (Å²) in [6.45, 7) is 0.0938. The third-order valence-corrected chi connectivity index (χ3v) is 2.31. The van der Waals surface area contributed by atoms with Crippen LogP contribution in [0.25, 0.3) is 0 Å². The molecule has 0 spiro atoms. The van der Waals surface area contributed by atoms with Gasteiger partial charge < -0.3 is 9.84 Å². The van der Waals surface area contributed by atoms with E-state index in [2.05, 4.69) is 20.7 Å². The number of ether oxygens (including phenoxy) is 1. The van der Waals surface area contributed by atoms with Crippen molar-refractivity contribution in [3.05, 3.63) is 28.2 Å². The molecule has 0 saturated carbocycles. The van der Waals surface area contributed by atoms with Crippen LogP contribution in [0.15, 0.2) is 22.7 Å². The minimum atomic E-state index is -4.39. The van der Waals surface area contributed by atoms with E-state index in [1.54, 1.807) is 6.07 Å². The Morgan fingerprint density at radius 3 is 2.56 bits per heavy atom. The summed E-state index contributed by atoms with van der Waals surface area (Å²) >= 11 is 3.17. The van der Waals surface area contributed by atoms with Crippen molar-refractivity contribution in [1.82, 2.24) is 0 Å². The molecular formula is C10H10BrF3O2. The van der Waals surface area contributed by atoms with Crippen LogP contribution in [0.4, 0.5) is 13.2 Å². The van der Waals surface area contributed by atoms with E-state index < -0.39 is 18.9 Å². The molecular weight excluding hydrogens is 289 g/mol. The number of aliphatic hydroxyl groups is 1. The topological polar surface area (TPSA) is 29.5 Å². The molecule has 0 amide bonds. The van der Waals surface area contributed by atoms with Crippen LogP contribution >= 0.6 is 15.9 Å². The van der Waals surface area contributed by atoms with Gasteiger partial charge in [0.1, 0.15) is 5.75 Å². The van der Waals surface area contributed by atoms with Gasteiger partial charge in [0.15, 0.2) is 6.61 Å². The van der Waals surface area contributed by atoms with Crippen LogP contribution in [0.2, 0.25) is 0 Å². The van der Waals surface area contributed by atoms with Crippen molar-refractivity contribution in [3.63, 3.8) is 0 Å². The van der Waals surface area contributed by atoms with Gasteiger partial charge in [0.05, 0.1) is 6.10 Å². The van der Waals surface area contributed by atoms with E-state index in [9.17, 15) is 18.3 Å². The lowest BCUT2D eigenvalue weighted by molar-refractivity contribution is -0.153. The summed E-state index contributed by atoms with van der Waals surface area (Å²) in [6, 6.07) is 4.46. The van der Waals surface area contributed by atoms with Crippen LogP contribution in [0.1, 0.15) is 18.6 Å². The van der Waals surface area contributed by atoms with Crippen molar-refractivity contribution in [1.29, 1.82) is 0 Å². The molecule has 0 fully saturated rings. The molecule has 1 rings (SSSR count). The summed E-state index contributed by atoms with van der Waals surface area (Å²) in [5, 5.41) is 9.38. The standard InChI is InChI=1S/C10H10BrF3O2/c1-6(15)8-4-7(11)2-3-9(8)16-5-10(12,13)14/h2-4,6,15H,5H2,1H3. The predicted molar refractivity (Wildman–Crippen MR) is 56.3 cm³/mol. The zero-order valence-electron chi connectivity index (χ0n) is 8.38. The second-order valence-corrected chi connectivity index (χ2v) is 4.18. The number of aliphatic hydroxyl groups excluding tert-OH is 1. The molecule has 0 saturated heterocycles. The Bertz CT molecular complexity index is 364. The Balaban J connectivity index is 2.87. The molecule has 0 aliphatic rings. The summed E-state index contributed by atoms with van der Waals surface area (Å²) < 4.78 is 41.2. The van der Waals surface area contributed by atoms with Gasteiger partial charge in [-0.2, -0.15) is 13.2 Å². The number of hydrogen-bond acceptors (Lipinski definition) is 2. The zero-order chi connectivity index (χ0) is 12.3. The summed E-state index contributed by atoms with van der Waals surface area (Å²) in [7, 11) is 0. The van der Waals surface area contributed by atoms with Crippen LogP contribution in [0.5, 0.6) is 5.75 Å². The van der Waals surface area contributed by atoms with Gasteiger partial charge in [-0.15, -0.1) is 0 Å². The van der Waals surface area contributed by atoms with E-state index in [1.807, 2.05) is 0 Å². The van der Waals surface area contributed by atoms with Gasteiger partial charge in [-0.05, 0) is 25.1 Å². The molecule has 0 aromatic heterocycles. The van der Waals surface area contributed by atoms with E-state index in [0.29, 0.717) is 10.0 Å². The third-order valence-electron chi connectivity index (χ3n) is 1.81. The van der Waals surface area contributed by atoms with Gasteiger partial charge in [0, 0.05) is 10.0 Å². The van der Waals surface area contributed by atoms with Crippen LogP contribution in [-0.4, -0.2) is 17.9 Å². The Kier molecular flexibility index (Phi) is 4.21. The fourth-order valence-electron chi connectivity index (χ4n) is 1.14. The van der Waals surface area contributed by atoms with E-state index in [0.717, 1.165) is 0 Å². The molecule has 1 unspecified atom stereocenters. The Morgan fingerprint density at radius 1 is 1.44 bits per heavy atom. The van der Waals surface area contributed by atoms with Crippen molar-refractivity contribution in [2.45, 2.75) is 19.2 Å². The SMILES string of the molecule is CC(O)c1cc(Br)ccc1OCC(F)(F)F. The number of benzene rings is 1. The Morgan fingerprint density at radius 2 is 2.06 bits per heavy atom. The molecule has 16 heavy (non-hydrogen) atoms. The first-order valence-corrected chi connectivity index (χ1v) is 5.26. The third kappa shape index (κ3) is 4.02. The monoisotopic (exact) mass is 298 g/mol. The number of halogens is 4. The minimum absolute atomic E-state index is 0.0375. The number of alkyl halides is 3. The summed E-state index contributed by atoms with van der Waals surface area (Å²) in [6.07, 6.45) is -5.27. The summed E-state index contributed by atoms with van der Waals surface area (Å²) in [5.74, 6) is 0.0375. The Labute approximate surface area is 99.2 Å². The summed E-state index contributed by atoms with van der Waals surface area (Å²) in [5.41, 5.74) is 0.318. The molecule has 0 heterocycles. The molecule has 0 radical (unpaired) electrons. The normalized spacial score (nSPS) is 13.6. The Hall–Kier alpha value is -0.750. The maximum absolute atomic E-state index is 12.0. The largest absolute Gasteiger partial charge is 0.484 e. The smallest absolute Gasteiger partial charge is 0.422 e. The van der Waals surface area contributed by atoms with Crippen LogP contribution in [0, 0.1) is 0 Å². The van der Waals surface area contributed by atoms with Crippen molar-refractivity contribution in [3.8, 4) is 5.75 Å². The van der Waals surface area contributed by atoms with Crippen LogP contribution in [-0.2, 0) is 0 Å². The molecule has 2 nitrogen and oxygen atoms in total. The molecule has 0 aliphatic carbocycles. The van der Waals surface area contributed by atoms with Crippen molar-refractivity contribution in [2.24, 2.45) is 0 Å². The fourth-order valence-corrected chi connectivity index (χ4v) is 1.52. The van der Waals surface area contributed by atoms with E-state index >= 15 is 0 Å². The lowest BCUT2D eigenvalue weighted by Crippen LogP contribution is -2.19. The van der Waals surface area contributed by atoms with Crippen molar-refractivity contribution < 1.29 is 23.0 Å². The maximum atomic E-state index is 12.0. The van der Waals surface area contributed by atoms with Crippen molar-refractivity contribution >= 4 is 15.9 Å². The molecule has 1 aromatic rings. The van der Waals surface area contributed by atoms with E-state index in [-0.39, 0.29) is 5.75 Å². The highest BCUT2D eigenvalue weighted by Gasteiger charge is 2.29. The zero-order valence-corrected chi connectivity index (χ0v) is 9.97. The fraction of sp³-hybridized carbons (Fsp3) is 0.400. The van der Waals surface area contributed by atoms with Crippen molar-refractivity contribution in [2.75, 3.05) is 6.61 Å². The first kappa shape index (κ1) is 13.3. The van der Waals surface area contributed by atoms with Gasteiger partial charge >= 0.3 is 6.18 Å².